The van der Waals surface area contributed by atoms with E-state index in [0.29, 0.717) is 38.4 Å². The fraction of sp³-hybridized carbons (Fsp3) is 0.294. The van der Waals surface area contributed by atoms with Crippen LogP contribution in [0.4, 0.5) is 5.13 Å². The smallest absolute Gasteiger partial charge is 0.253 e. The Labute approximate surface area is 180 Å². The SMILES string of the molecule is O=C(Nc1nc2c(Cl)ccc(Cl)c2s1)C1CCCCN1S(=O)(=O)c1cccs1. The molecule has 6 nitrogen and oxygen atoms in total. The highest BCUT2D eigenvalue weighted by atomic mass is 35.5. The van der Waals surface area contributed by atoms with Crippen molar-refractivity contribution in [2.45, 2.75) is 29.5 Å². The number of nitrogens with zero attached hydrogens (tertiary/aromatic N) is 2. The lowest BCUT2D eigenvalue weighted by Gasteiger charge is -2.32. The molecule has 1 fully saturated rings. The Morgan fingerprint density at radius 3 is 2.71 bits per heavy atom. The number of fused-ring (bicyclic) bond motifs is 1. The number of thiazole rings is 1. The van der Waals surface area contributed by atoms with Gasteiger partial charge in [-0.1, -0.05) is 47.0 Å². The summed E-state index contributed by atoms with van der Waals surface area (Å²) in [5.41, 5.74) is 0.515. The Bertz CT molecular complexity index is 1090. The van der Waals surface area contributed by atoms with Gasteiger partial charge >= 0.3 is 0 Å². The number of sulfonamides is 1. The first-order chi connectivity index (χ1) is 13.4. The van der Waals surface area contributed by atoms with Crippen LogP contribution in [0.15, 0.2) is 33.9 Å². The molecule has 3 heterocycles. The van der Waals surface area contributed by atoms with Crippen molar-refractivity contribution in [3.05, 3.63) is 39.7 Å². The molecule has 0 spiro atoms. The molecule has 4 rings (SSSR count). The summed E-state index contributed by atoms with van der Waals surface area (Å²) < 4.78 is 28.1. The summed E-state index contributed by atoms with van der Waals surface area (Å²) in [7, 11) is -3.71. The van der Waals surface area contributed by atoms with Crippen LogP contribution in [0.25, 0.3) is 10.2 Å². The van der Waals surface area contributed by atoms with Crippen LogP contribution in [-0.4, -0.2) is 36.2 Å². The highest BCUT2D eigenvalue weighted by Crippen LogP contribution is 2.36. The van der Waals surface area contributed by atoms with E-state index < -0.39 is 22.0 Å². The fourth-order valence-corrected chi connectivity index (χ4v) is 7.37. The van der Waals surface area contributed by atoms with Crippen LogP contribution in [-0.2, 0) is 14.8 Å². The van der Waals surface area contributed by atoms with Crippen LogP contribution in [0.5, 0.6) is 0 Å². The van der Waals surface area contributed by atoms with Crippen LogP contribution in [0.2, 0.25) is 10.0 Å². The third-order valence-corrected chi connectivity index (χ3v) is 9.51. The van der Waals surface area contributed by atoms with Crippen molar-refractivity contribution in [3.63, 3.8) is 0 Å². The van der Waals surface area contributed by atoms with E-state index in [1.165, 1.54) is 15.6 Å². The maximum absolute atomic E-state index is 13.0. The maximum atomic E-state index is 13.0. The molecule has 1 aliphatic rings. The predicted octanol–water partition coefficient (Wildman–Crippen LogP) is 4.85. The Morgan fingerprint density at radius 1 is 1.21 bits per heavy atom. The standard InChI is InChI=1S/C17H15Cl2N3O3S3/c18-10-6-7-11(19)15-14(10)20-17(27-15)21-16(23)12-4-1-2-8-22(12)28(24,25)13-5-3-9-26-13/h3,5-7,9,12H,1-2,4,8H2,(H,20,21,23). The van der Waals surface area contributed by atoms with E-state index in [2.05, 4.69) is 10.3 Å². The third-order valence-electron chi connectivity index (χ3n) is 4.49. The number of rotatable bonds is 4. The Morgan fingerprint density at radius 2 is 2.00 bits per heavy atom. The summed E-state index contributed by atoms with van der Waals surface area (Å²) in [5.74, 6) is -0.397. The number of amides is 1. The number of benzene rings is 1. The van der Waals surface area contributed by atoms with Crippen molar-refractivity contribution in [2.75, 3.05) is 11.9 Å². The second kappa shape index (κ2) is 7.89. The van der Waals surface area contributed by atoms with Crippen molar-refractivity contribution in [1.82, 2.24) is 9.29 Å². The summed E-state index contributed by atoms with van der Waals surface area (Å²) in [4.78, 5) is 17.3. The lowest BCUT2D eigenvalue weighted by atomic mass is 10.0. The maximum Gasteiger partial charge on any atom is 0.253 e. The van der Waals surface area contributed by atoms with Gasteiger partial charge in [-0.15, -0.1) is 11.3 Å². The first-order valence-electron chi connectivity index (χ1n) is 8.48. The van der Waals surface area contributed by atoms with Crippen molar-refractivity contribution >= 4 is 77.2 Å². The zero-order valence-corrected chi connectivity index (χ0v) is 18.4. The van der Waals surface area contributed by atoms with Crippen LogP contribution in [0, 0.1) is 0 Å². The number of halogens is 2. The molecule has 1 saturated heterocycles. The topological polar surface area (TPSA) is 79.4 Å². The quantitative estimate of drug-likeness (QED) is 0.584. The van der Waals surface area contributed by atoms with Gasteiger partial charge in [-0.25, -0.2) is 13.4 Å². The first kappa shape index (κ1) is 20.1. The minimum atomic E-state index is -3.71. The number of hydrogen-bond acceptors (Lipinski definition) is 6. The number of thiophene rings is 1. The van der Waals surface area contributed by atoms with Crippen molar-refractivity contribution < 1.29 is 13.2 Å². The summed E-state index contributed by atoms with van der Waals surface area (Å²) in [6.45, 7) is 0.315. The number of carbonyl (C=O) groups is 1. The number of anilines is 1. The molecule has 1 N–H and O–H groups in total. The average Bonchev–Trinajstić information content (AvgIpc) is 3.35. The number of carbonyl (C=O) groups excluding carboxylic acids is 1. The van der Waals surface area contributed by atoms with Gasteiger partial charge in [0.15, 0.2) is 5.13 Å². The third kappa shape index (κ3) is 3.67. The van der Waals surface area contributed by atoms with Gasteiger partial charge in [0.2, 0.25) is 5.91 Å². The van der Waals surface area contributed by atoms with Crippen molar-refractivity contribution in [3.8, 4) is 0 Å². The summed E-state index contributed by atoms with van der Waals surface area (Å²) >= 11 is 14.7. The van der Waals surface area contributed by atoms with Gasteiger partial charge in [0, 0.05) is 6.54 Å². The molecule has 1 atom stereocenters. The van der Waals surface area contributed by atoms with Gasteiger partial charge in [0.25, 0.3) is 10.0 Å². The van der Waals surface area contributed by atoms with E-state index in [-0.39, 0.29) is 4.21 Å². The molecule has 1 aliphatic heterocycles. The Hall–Kier alpha value is -1.23. The van der Waals surface area contributed by atoms with Crippen LogP contribution in [0.1, 0.15) is 19.3 Å². The van der Waals surface area contributed by atoms with E-state index in [9.17, 15) is 13.2 Å². The summed E-state index contributed by atoms with van der Waals surface area (Å²) in [6, 6.07) is 5.78. The molecule has 3 aromatic rings. The van der Waals surface area contributed by atoms with Crippen molar-refractivity contribution in [1.29, 1.82) is 0 Å². The Kier molecular flexibility index (Phi) is 5.65. The van der Waals surface area contributed by atoms with Crippen LogP contribution < -0.4 is 5.32 Å². The fourth-order valence-electron chi connectivity index (χ4n) is 3.17. The monoisotopic (exact) mass is 475 g/mol. The minimum absolute atomic E-state index is 0.241. The van der Waals surface area contributed by atoms with E-state index in [1.54, 1.807) is 29.6 Å². The van der Waals surface area contributed by atoms with Crippen molar-refractivity contribution in [2.24, 2.45) is 0 Å². The van der Waals surface area contributed by atoms with Gasteiger partial charge in [-0.3, -0.25) is 4.79 Å². The number of aromatic nitrogens is 1. The molecular formula is C17H15Cl2N3O3S3. The highest BCUT2D eigenvalue weighted by molar-refractivity contribution is 7.91. The largest absolute Gasteiger partial charge is 0.301 e. The molecule has 28 heavy (non-hydrogen) atoms. The summed E-state index contributed by atoms with van der Waals surface area (Å²) in [5, 5.41) is 5.74. The molecule has 2 aromatic heterocycles. The van der Waals surface area contributed by atoms with Crippen LogP contribution in [0.3, 0.4) is 0 Å². The molecule has 148 valence electrons. The number of hydrogen-bond donors (Lipinski definition) is 1. The van der Waals surface area contributed by atoms with E-state index >= 15 is 0 Å². The normalized spacial score (nSPS) is 18.4. The lowest BCUT2D eigenvalue weighted by Crippen LogP contribution is -2.49. The molecule has 1 aromatic carbocycles. The van der Waals surface area contributed by atoms with Gasteiger partial charge in [-0.2, -0.15) is 4.31 Å². The van der Waals surface area contributed by atoms with E-state index in [4.69, 9.17) is 23.2 Å². The molecular weight excluding hydrogens is 461 g/mol. The van der Waals surface area contributed by atoms with Crippen LogP contribution >= 0.6 is 45.9 Å². The zero-order chi connectivity index (χ0) is 19.9. The molecule has 0 aliphatic carbocycles. The van der Waals surface area contributed by atoms with E-state index in [1.807, 2.05) is 0 Å². The second-order valence-corrected chi connectivity index (χ2v) is 11.2. The highest BCUT2D eigenvalue weighted by Gasteiger charge is 2.38. The predicted molar refractivity (Wildman–Crippen MR) is 114 cm³/mol. The minimum Gasteiger partial charge on any atom is -0.301 e. The zero-order valence-electron chi connectivity index (χ0n) is 14.4. The molecule has 11 heteroatoms. The molecule has 1 amide bonds. The summed E-state index contributed by atoms with van der Waals surface area (Å²) in [6.07, 6.45) is 1.97. The van der Waals surface area contributed by atoms with Gasteiger partial charge in [-0.05, 0) is 36.4 Å². The Balaban J connectivity index is 1.61. The second-order valence-electron chi connectivity index (χ2n) is 6.27. The van der Waals surface area contributed by atoms with Gasteiger partial charge in [0.1, 0.15) is 15.8 Å². The molecule has 1 unspecified atom stereocenters. The lowest BCUT2D eigenvalue weighted by molar-refractivity contribution is -0.120. The number of piperidine rings is 1. The molecule has 0 bridgehead atoms. The first-order valence-corrected chi connectivity index (χ1v) is 12.4. The molecule has 0 radical (unpaired) electrons. The average molecular weight is 476 g/mol. The molecule has 0 saturated carbocycles. The van der Waals surface area contributed by atoms with Gasteiger partial charge < -0.3 is 5.32 Å². The number of nitrogens with one attached hydrogen (secondary N) is 1. The van der Waals surface area contributed by atoms with E-state index in [0.717, 1.165) is 24.2 Å². The van der Waals surface area contributed by atoms with Gasteiger partial charge in [0.05, 0.1) is 14.7 Å².